The van der Waals surface area contributed by atoms with Gasteiger partial charge in [-0.1, -0.05) is 13.0 Å². The van der Waals surface area contributed by atoms with Crippen LogP contribution < -0.4 is 0 Å². The molecule has 0 aromatic heterocycles. The molecule has 0 amide bonds. The van der Waals surface area contributed by atoms with E-state index in [0.717, 1.165) is 12.8 Å². The molecule has 1 heterocycles. The first-order valence-electron chi connectivity index (χ1n) is 5.66. The Bertz CT molecular complexity index is 328. The number of rotatable bonds is 0. The summed E-state index contributed by atoms with van der Waals surface area (Å²) in [5, 5.41) is 0. The van der Waals surface area contributed by atoms with Crippen molar-refractivity contribution in [3.8, 4) is 0 Å². The van der Waals surface area contributed by atoms with Gasteiger partial charge in [0.05, 0.1) is 13.2 Å². The van der Waals surface area contributed by atoms with Gasteiger partial charge in [0.1, 0.15) is 0 Å². The Morgan fingerprint density at radius 3 is 2.87 bits per heavy atom. The Kier molecular flexibility index (Phi) is 1.86. The van der Waals surface area contributed by atoms with E-state index in [1.54, 1.807) is 6.08 Å². The molecule has 1 spiro atoms. The predicted molar refractivity (Wildman–Crippen MR) is 54.2 cm³/mol. The molecule has 82 valence electrons. The normalized spacial score (nSPS) is 42.5. The van der Waals surface area contributed by atoms with Crippen molar-refractivity contribution in [1.29, 1.82) is 0 Å². The van der Waals surface area contributed by atoms with Crippen molar-refractivity contribution in [2.24, 2.45) is 11.3 Å². The predicted octanol–water partition coefficient (Wildman–Crippen LogP) is 1.67. The first kappa shape index (κ1) is 9.55. The zero-order valence-corrected chi connectivity index (χ0v) is 8.99. The summed E-state index contributed by atoms with van der Waals surface area (Å²) < 4.78 is 11.6. The van der Waals surface area contributed by atoms with Gasteiger partial charge in [-0.15, -0.1) is 0 Å². The van der Waals surface area contributed by atoms with Crippen molar-refractivity contribution in [2.75, 3.05) is 13.2 Å². The third-order valence-electron chi connectivity index (χ3n) is 4.31. The Hall–Kier alpha value is -0.670. The number of carbonyl (C=O) groups is 1. The highest BCUT2D eigenvalue weighted by molar-refractivity contribution is 5.91. The monoisotopic (exact) mass is 208 g/mol. The van der Waals surface area contributed by atoms with Crippen LogP contribution in [-0.2, 0) is 14.3 Å². The Labute approximate surface area is 89.4 Å². The summed E-state index contributed by atoms with van der Waals surface area (Å²) in [4.78, 5) is 11.4. The molecule has 0 bridgehead atoms. The smallest absolute Gasteiger partial charge is 0.177 e. The molecule has 2 aliphatic carbocycles. The quantitative estimate of drug-likeness (QED) is 0.607. The first-order valence-corrected chi connectivity index (χ1v) is 5.66. The minimum Gasteiger partial charge on any atom is -0.347 e. The molecule has 0 radical (unpaired) electrons. The van der Waals surface area contributed by atoms with Crippen molar-refractivity contribution >= 4 is 5.78 Å². The van der Waals surface area contributed by atoms with Crippen molar-refractivity contribution in [3.63, 3.8) is 0 Å². The number of allylic oxidation sites excluding steroid dienone is 1. The summed E-state index contributed by atoms with van der Waals surface area (Å²) in [6, 6.07) is 0. The molecule has 0 unspecified atom stereocenters. The lowest BCUT2D eigenvalue weighted by atomic mass is 9.71. The van der Waals surface area contributed by atoms with Crippen LogP contribution in [0.4, 0.5) is 0 Å². The van der Waals surface area contributed by atoms with Gasteiger partial charge in [0.25, 0.3) is 0 Å². The average molecular weight is 208 g/mol. The molecule has 1 saturated carbocycles. The van der Waals surface area contributed by atoms with E-state index in [1.165, 1.54) is 0 Å². The molecule has 2 atom stereocenters. The van der Waals surface area contributed by atoms with Gasteiger partial charge >= 0.3 is 0 Å². The second-order valence-corrected chi connectivity index (χ2v) is 4.97. The molecular weight excluding hydrogens is 192 g/mol. The van der Waals surface area contributed by atoms with E-state index in [4.69, 9.17) is 9.47 Å². The lowest BCUT2D eigenvalue weighted by Crippen LogP contribution is -2.46. The van der Waals surface area contributed by atoms with Crippen molar-refractivity contribution in [3.05, 3.63) is 12.2 Å². The molecule has 2 fully saturated rings. The molecular formula is C12H16O3. The second-order valence-electron chi connectivity index (χ2n) is 4.97. The maximum absolute atomic E-state index is 11.4. The minimum absolute atomic E-state index is 0.0998. The number of fused-ring (bicyclic) bond motifs is 2. The van der Waals surface area contributed by atoms with Gasteiger partial charge in [-0.2, -0.15) is 0 Å². The topological polar surface area (TPSA) is 35.5 Å². The van der Waals surface area contributed by atoms with Gasteiger partial charge in [-0.25, -0.2) is 0 Å². The van der Waals surface area contributed by atoms with Crippen molar-refractivity contribution < 1.29 is 14.3 Å². The van der Waals surface area contributed by atoms with Crippen LogP contribution in [0.1, 0.15) is 26.2 Å². The van der Waals surface area contributed by atoms with E-state index in [1.807, 2.05) is 6.08 Å². The summed E-state index contributed by atoms with van der Waals surface area (Å²) in [5.41, 5.74) is -0.0998. The summed E-state index contributed by atoms with van der Waals surface area (Å²) in [7, 11) is 0. The number of hydrogen-bond acceptors (Lipinski definition) is 3. The molecule has 15 heavy (non-hydrogen) atoms. The van der Waals surface area contributed by atoms with Crippen molar-refractivity contribution in [2.45, 2.75) is 32.0 Å². The number of carbonyl (C=O) groups excluding carboxylic acids is 1. The Morgan fingerprint density at radius 1 is 1.40 bits per heavy atom. The van der Waals surface area contributed by atoms with Crippen LogP contribution in [-0.4, -0.2) is 24.8 Å². The van der Waals surface area contributed by atoms with Crippen molar-refractivity contribution in [1.82, 2.24) is 0 Å². The summed E-state index contributed by atoms with van der Waals surface area (Å²) in [5.74, 6) is 0.204. The lowest BCUT2D eigenvalue weighted by molar-refractivity contribution is -0.209. The minimum atomic E-state index is -0.436. The van der Waals surface area contributed by atoms with Gasteiger partial charge < -0.3 is 9.47 Å². The molecule has 0 N–H and O–H groups in total. The molecule has 1 saturated heterocycles. The molecule has 0 aromatic rings. The molecule has 3 nitrogen and oxygen atoms in total. The van der Waals surface area contributed by atoms with Gasteiger partial charge in [-0.05, 0) is 18.4 Å². The zero-order valence-electron chi connectivity index (χ0n) is 8.99. The van der Waals surface area contributed by atoms with E-state index in [0.29, 0.717) is 25.6 Å². The third kappa shape index (κ3) is 1.11. The number of ketones is 1. The van der Waals surface area contributed by atoms with E-state index in [-0.39, 0.29) is 11.2 Å². The molecule has 3 aliphatic rings. The average Bonchev–Trinajstić information content (AvgIpc) is 2.78. The van der Waals surface area contributed by atoms with Gasteiger partial charge in [0, 0.05) is 18.3 Å². The lowest BCUT2D eigenvalue weighted by Gasteiger charge is -2.41. The van der Waals surface area contributed by atoms with Crippen LogP contribution in [0.15, 0.2) is 12.2 Å². The maximum Gasteiger partial charge on any atom is 0.177 e. The highest BCUT2D eigenvalue weighted by Crippen LogP contribution is 2.57. The fourth-order valence-electron chi connectivity index (χ4n) is 3.31. The molecule has 3 heteroatoms. The van der Waals surface area contributed by atoms with Crippen LogP contribution >= 0.6 is 0 Å². The fraction of sp³-hybridized carbons (Fsp3) is 0.750. The van der Waals surface area contributed by atoms with Crippen LogP contribution in [0, 0.1) is 11.3 Å². The first-order chi connectivity index (χ1) is 7.16. The standard InChI is InChI=1S/C12H16O3/c1-11-4-3-10(13)8-9(11)2-5-12(11)14-6-7-15-12/h3-4,9H,2,5-8H2,1H3/t9-,11-/m0/s1. The van der Waals surface area contributed by atoms with E-state index in [9.17, 15) is 4.79 Å². The van der Waals surface area contributed by atoms with Crippen LogP contribution in [0.5, 0.6) is 0 Å². The molecule has 1 aliphatic heterocycles. The van der Waals surface area contributed by atoms with E-state index < -0.39 is 5.79 Å². The van der Waals surface area contributed by atoms with E-state index in [2.05, 4.69) is 6.92 Å². The summed E-state index contributed by atoms with van der Waals surface area (Å²) >= 11 is 0. The highest BCUT2D eigenvalue weighted by atomic mass is 16.7. The largest absolute Gasteiger partial charge is 0.347 e. The number of hydrogen-bond donors (Lipinski definition) is 0. The number of ether oxygens (including phenoxy) is 2. The van der Waals surface area contributed by atoms with Crippen LogP contribution in [0.2, 0.25) is 0 Å². The maximum atomic E-state index is 11.4. The highest BCUT2D eigenvalue weighted by Gasteiger charge is 2.60. The van der Waals surface area contributed by atoms with Crippen LogP contribution in [0.3, 0.4) is 0 Å². The van der Waals surface area contributed by atoms with Gasteiger partial charge in [0.2, 0.25) is 0 Å². The summed E-state index contributed by atoms with van der Waals surface area (Å²) in [6.45, 7) is 3.53. The van der Waals surface area contributed by atoms with E-state index >= 15 is 0 Å². The summed E-state index contributed by atoms with van der Waals surface area (Å²) in [6.07, 6.45) is 6.33. The molecule has 0 aromatic carbocycles. The second kappa shape index (κ2) is 2.92. The fourth-order valence-corrected chi connectivity index (χ4v) is 3.31. The van der Waals surface area contributed by atoms with Gasteiger partial charge in [0.15, 0.2) is 11.6 Å². The SMILES string of the molecule is C[C@]12C=CC(=O)C[C@@H]1CCC21OCCO1. The Balaban J connectivity index is 2.01. The third-order valence-corrected chi connectivity index (χ3v) is 4.31. The van der Waals surface area contributed by atoms with Gasteiger partial charge in [-0.3, -0.25) is 4.79 Å². The molecule has 3 rings (SSSR count). The zero-order chi connectivity index (χ0) is 10.5. The Morgan fingerprint density at radius 2 is 2.13 bits per heavy atom. The van der Waals surface area contributed by atoms with Crippen LogP contribution in [0.25, 0.3) is 0 Å².